The second-order valence-corrected chi connectivity index (χ2v) is 6.92. The van der Waals surface area contributed by atoms with Crippen molar-refractivity contribution in [3.05, 3.63) is 65.2 Å². The highest BCUT2D eigenvalue weighted by Crippen LogP contribution is 2.31. The first kappa shape index (κ1) is 20.4. The number of carbonyl (C=O) groups excluding carboxylic acids is 2. The van der Waals surface area contributed by atoms with Crippen molar-refractivity contribution in [3.8, 4) is 11.4 Å². The number of methoxy groups -OCH3 is 1. The molecule has 0 atom stereocenters. The summed E-state index contributed by atoms with van der Waals surface area (Å²) < 4.78 is 26.2. The lowest BCUT2D eigenvalue weighted by molar-refractivity contribution is 0.0517. The van der Waals surface area contributed by atoms with E-state index in [-0.39, 0.29) is 23.7 Å². The fraction of sp³-hybridized carbons (Fsp3) is 0.227. The fourth-order valence-corrected chi connectivity index (χ4v) is 3.58. The Hall–Kier alpha value is -3.88. The van der Waals surface area contributed by atoms with Gasteiger partial charge in [0.2, 0.25) is 0 Å². The quantitative estimate of drug-likeness (QED) is 0.499. The van der Waals surface area contributed by atoms with E-state index in [2.05, 4.69) is 5.10 Å². The maximum absolute atomic E-state index is 14.8. The average Bonchev–Trinajstić information content (AvgIpc) is 3.15. The molecule has 160 valence electrons. The molecule has 1 amide bonds. The topological polar surface area (TPSA) is 99.7 Å². The molecule has 1 aliphatic heterocycles. The average molecular weight is 424 g/mol. The molecule has 0 saturated carbocycles. The number of fused-ring (bicyclic) bond motifs is 1. The van der Waals surface area contributed by atoms with Crippen LogP contribution in [0, 0.1) is 5.82 Å². The summed E-state index contributed by atoms with van der Waals surface area (Å²) in [5, 5.41) is 4.28. The number of amides is 1. The number of nitrogens with zero attached hydrogens (tertiary/aromatic N) is 3. The summed E-state index contributed by atoms with van der Waals surface area (Å²) in [6, 6.07) is 11.1. The number of nitrogens with two attached hydrogens (primary N) is 1. The van der Waals surface area contributed by atoms with Gasteiger partial charge in [0.15, 0.2) is 11.5 Å². The van der Waals surface area contributed by atoms with Crippen LogP contribution >= 0.6 is 0 Å². The molecule has 4 rings (SSSR count). The smallest absolute Gasteiger partial charge is 0.359 e. The van der Waals surface area contributed by atoms with Crippen molar-refractivity contribution in [3.63, 3.8) is 0 Å². The van der Waals surface area contributed by atoms with Gasteiger partial charge in [-0.05, 0) is 49.7 Å². The minimum Gasteiger partial charge on any atom is -0.497 e. The standard InChI is InChI=1S/C22H21FN4O4/c1-3-31-22(29)19-16-10-11-26(14-6-4-13(24)5-7-14)21(28)20(16)27(25-19)18-9-8-15(30-2)12-17(18)23/h4-9,12H,3,10-11,24H2,1-2H3. The molecule has 8 nitrogen and oxygen atoms in total. The van der Waals surface area contributed by atoms with E-state index < -0.39 is 17.7 Å². The molecule has 31 heavy (non-hydrogen) atoms. The third-order valence-electron chi connectivity index (χ3n) is 5.07. The van der Waals surface area contributed by atoms with Crippen LogP contribution in [0.1, 0.15) is 33.5 Å². The normalized spacial score (nSPS) is 13.1. The van der Waals surface area contributed by atoms with Gasteiger partial charge in [0, 0.05) is 29.5 Å². The zero-order valence-electron chi connectivity index (χ0n) is 17.1. The molecule has 1 aliphatic rings. The molecule has 0 aliphatic carbocycles. The van der Waals surface area contributed by atoms with E-state index in [1.54, 1.807) is 42.2 Å². The third kappa shape index (κ3) is 3.58. The maximum Gasteiger partial charge on any atom is 0.359 e. The number of halogens is 1. The first-order valence-electron chi connectivity index (χ1n) is 9.75. The minimum absolute atomic E-state index is 0.0115. The highest BCUT2D eigenvalue weighted by molar-refractivity contribution is 6.09. The molecular formula is C22H21FN4O4. The summed E-state index contributed by atoms with van der Waals surface area (Å²) in [6.45, 7) is 2.17. The largest absolute Gasteiger partial charge is 0.497 e. The van der Waals surface area contributed by atoms with Gasteiger partial charge in [-0.15, -0.1) is 0 Å². The third-order valence-corrected chi connectivity index (χ3v) is 5.07. The van der Waals surface area contributed by atoms with E-state index in [0.29, 0.717) is 35.7 Å². The SMILES string of the molecule is CCOC(=O)c1nn(-c2ccc(OC)cc2F)c2c1CCN(c1ccc(N)cc1)C2=O. The number of hydrogen-bond acceptors (Lipinski definition) is 6. The van der Waals surface area contributed by atoms with Crippen molar-refractivity contribution in [2.45, 2.75) is 13.3 Å². The van der Waals surface area contributed by atoms with Crippen molar-refractivity contribution in [1.29, 1.82) is 0 Å². The second-order valence-electron chi connectivity index (χ2n) is 6.92. The lowest BCUT2D eigenvalue weighted by Crippen LogP contribution is -2.39. The van der Waals surface area contributed by atoms with Crippen molar-refractivity contribution < 1.29 is 23.5 Å². The molecule has 1 aromatic heterocycles. The Kier molecular flexibility index (Phi) is 5.33. The van der Waals surface area contributed by atoms with Crippen molar-refractivity contribution >= 4 is 23.3 Å². The van der Waals surface area contributed by atoms with Gasteiger partial charge in [0.1, 0.15) is 17.1 Å². The summed E-state index contributed by atoms with van der Waals surface area (Å²) >= 11 is 0. The number of rotatable bonds is 5. The number of hydrogen-bond donors (Lipinski definition) is 1. The lowest BCUT2D eigenvalue weighted by atomic mass is 10.0. The van der Waals surface area contributed by atoms with Crippen LogP contribution in [0.5, 0.6) is 5.75 Å². The summed E-state index contributed by atoms with van der Waals surface area (Å²) in [4.78, 5) is 27.5. The van der Waals surface area contributed by atoms with E-state index in [9.17, 15) is 14.0 Å². The Labute approximate surface area is 178 Å². The first-order chi connectivity index (χ1) is 14.9. The number of aromatic nitrogens is 2. The Morgan fingerprint density at radius 2 is 1.97 bits per heavy atom. The van der Waals surface area contributed by atoms with Crippen LogP contribution in [-0.2, 0) is 11.2 Å². The van der Waals surface area contributed by atoms with E-state index in [0.717, 1.165) is 0 Å². The molecule has 0 fully saturated rings. The Balaban J connectivity index is 1.86. The fourth-order valence-electron chi connectivity index (χ4n) is 3.58. The summed E-state index contributed by atoms with van der Waals surface area (Å²) in [5.41, 5.74) is 7.56. The van der Waals surface area contributed by atoms with Gasteiger partial charge in [0.05, 0.1) is 13.7 Å². The van der Waals surface area contributed by atoms with Crippen LogP contribution in [0.3, 0.4) is 0 Å². The van der Waals surface area contributed by atoms with Crippen molar-refractivity contribution in [2.24, 2.45) is 0 Å². The molecule has 2 heterocycles. The van der Waals surface area contributed by atoms with E-state index >= 15 is 0 Å². The van der Waals surface area contributed by atoms with Gasteiger partial charge in [-0.25, -0.2) is 13.9 Å². The van der Waals surface area contributed by atoms with Gasteiger partial charge in [-0.2, -0.15) is 5.10 Å². The molecule has 0 unspecified atom stereocenters. The summed E-state index contributed by atoms with van der Waals surface area (Å²) in [7, 11) is 1.43. The number of esters is 1. The van der Waals surface area contributed by atoms with Crippen molar-refractivity contribution in [1.82, 2.24) is 9.78 Å². The van der Waals surface area contributed by atoms with Crippen LogP contribution < -0.4 is 15.4 Å². The van der Waals surface area contributed by atoms with E-state index in [1.165, 1.54) is 23.9 Å². The maximum atomic E-state index is 14.8. The molecule has 0 bridgehead atoms. The van der Waals surface area contributed by atoms with Crippen LogP contribution in [-0.4, -0.2) is 41.9 Å². The number of nitrogen functional groups attached to an aromatic ring is 1. The number of anilines is 2. The Morgan fingerprint density at radius 1 is 1.23 bits per heavy atom. The number of ether oxygens (including phenoxy) is 2. The molecular weight excluding hydrogens is 403 g/mol. The number of carbonyl (C=O) groups is 2. The molecule has 2 aromatic carbocycles. The van der Waals surface area contributed by atoms with Crippen molar-refractivity contribution in [2.75, 3.05) is 30.9 Å². The van der Waals surface area contributed by atoms with Crippen LogP contribution in [0.4, 0.5) is 15.8 Å². The summed E-state index contributed by atoms with van der Waals surface area (Å²) in [6.07, 6.45) is 0.359. The first-order valence-corrected chi connectivity index (χ1v) is 9.75. The predicted octanol–water partition coefficient (Wildman–Crippen LogP) is 2.98. The number of benzene rings is 2. The molecule has 3 aromatic rings. The van der Waals surface area contributed by atoms with Crippen LogP contribution in [0.2, 0.25) is 0 Å². The summed E-state index contributed by atoms with van der Waals surface area (Å²) in [5.74, 6) is -1.37. The minimum atomic E-state index is -0.653. The van der Waals surface area contributed by atoms with Crippen LogP contribution in [0.25, 0.3) is 5.69 Å². The second kappa shape index (κ2) is 8.10. The van der Waals surface area contributed by atoms with Gasteiger partial charge in [-0.1, -0.05) is 0 Å². The zero-order valence-corrected chi connectivity index (χ0v) is 17.1. The zero-order chi connectivity index (χ0) is 22.1. The molecule has 0 spiro atoms. The van der Waals surface area contributed by atoms with E-state index in [1.807, 2.05) is 0 Å². The molecule has 9 heteroatoms. The highest BCUT2D eigenvalue weighted by atomic mass is 19.1. The molecule has 0 radical (unpaired) electrons. The molecule has 2 N–H and O–H groups in total. The predicted molar refractivity (Wildman–Crippen MR) is 112 cm³/mol. The van der Waals surface area contributed by atoms with Gasteiger partial charge in [-0.3, -0.25) is 4.79 Å². The van der Waals surface area contributed by atoms with Gasteiger partial charge >= 0.3 is 5.97 Å². The van der Waals surface area contributed by atoms with Gasteiger partial charge < -0.3 is 20.1 Å². The Bertz CT molecular complexity index is 1160. The highest BCUT2D eigenvalue weighted by Gasteiger charge is 2.36. The van der Waals surface area contributed by atoms with Crippen LogP contribution in [0.15, 0.2) is 42.5 Å². The Morgan fingerprint density at radius 3 is 2.61 bits per heavy atom. The van der Waals surface area contributed by atoms with Gasteiger partial charge in [0.25, 0.3) is 5.91 Å². The molecule has 0 saturated heterocycles. The van der Waals surface area contributed by atoms with E-state index in [4.69, 9.17) is 15.2 Å². The monoisotopic (exact) mass is 424 g/mol. The lowest BCUT2D eigenvalue weighted by Gasteiger charge is -2.27.